The van der Waals surface area contributed by atoms with Crippen LogP contribution in [0.5, 0.6) is 5.75 Å². The summed E-state index contributed by atoms with van der Waals surface area (Å²) in [7, 11) is 0. The summed E-state index contributed by atoms with van der Waals surface area (Å²) in [4.78, 5) is 0. The lowest BCUT2D eigenvalue weighted by Crippen LogP contribution is -2.07. The SMILES string of the molecule is Cc1nn(-c2cc(N)cc(OC(C)C)c2)c(C)c1Br. The van der Waals surface area contributed by atoms with Crippen LogP contribution in [0, 0.1) is 13.8 Å². The normalized spacial score (nSPS) is 11.1. The summed E-state index contributed by atoms with van der Waals surface area (Å²) in [6.07, 6.45) is 0.113. The summed E-state index contributed by atoms with van der Waals surface area (Å²) < 4.78 is 8.58. The van der Waals surface area contributed by atoms with Gasteiger partial charge in [-0.1, -0.05) is 0 Å². The predicted octanol–water partition coefficient (Wildman–Crippen LogP) is 3.62. The highest BCUT2D eigenvalue weighted by molar-refractivity contribution is 9.10. The summed E-state index contributed by atoms with van der Waals surface area (Å²) in [6.45, 7) is 7.95. The van der Waals surface area contributed by atoms with Crippen LogP contribution in [0.4, 0.5) is 5.69 Å². The lowest BCUT2D eigenvalue weighted by molar-refractivity contribution is 0.242. The van der Waals surface area contributed by atoms with Gasteiger partial charge in [-0.2, -0.15) is 5.10 Å². The van der Waals surface area contributed by atoms with E-state index >= 15 is 0 Å². The molecule has 0 fully saturated rings. The Balaban J connectivity index is 2.49. The van der Waals surface area contributed by atoms with Crippen molar-refractivity contribution in [3.63, 3.8) is 0 Å². The molecule has 0 unspecified atom stereocenters. The summed E-state index contributed by atoms with van der Waals surface area (Å²) >= 11 is 3.53. The summed E-state index contributed by atoms with van der Waals surface area (Å²) in [6, 6.07) is 5.66. The van der Waals surface area contributed by atoms with Gasteiger partial charge in [0.05, 0.1) is 27.7 Å². The highest BCUT2D eigenvalue weighted by atomic mass is 79.9. The van der Waals surface area contributed by atoms with E-state index in [0.717, 1.165) is 27.3 Å². The molecular formula is C14H18BrN3O. The first-order valence-electron chi connectivity index (χ1n) is 6.18. The van der Waals surface area contributed by atoms with Gasteiger partial charge >= 0.3 is 0 Å². The molecule has 102 valence electrons. The quantitative estimate of drug-likeness (QED) is 0.877. The molecule has 2 rings (SSSR count). The third-order valence-corrected chi connectivity index (χ3v) is 3.88. The Bertz CT molecular complexity index is 605. The summed E-state index contributed by atoms with van der Waals surface area (Å²) in [5, 5.41) is 4.50. The molecule has 2 aromatic rings. The first-order valence-corrected chi connectivity index (χ1v) is 6.97. The van der Waals surface area contributed by atoms with E-state index in [9.17, 15) is 0 Å². The van der Waals surface area contributed by atoms with Crippen LogP contribution in [-0.4, -0.2) is 15.9 Å². The van der Waals surface area contributed by atoms with E-state index in [0.29, 0.717) is 5.69 Å². The van der Waals surface area contributed by atoms with Crippen molar-refractivity contribution in [1.29, 1.82) is 0 Å². The predicted molar refractivity (Wildman–Crippen MR) is 80.9 cm³/mol. The first kappa shape index (κ1) is 13.9. The minimum Gasteiger partial charge on any atom is -0.491 e. The molecule has 1 aromatic heterocycles. The monoisotopic (exact) mass is 323 g/mol. The number of ether oxygens (including phenoxy) is 1. The molecule has 0 amide bonds. The molecule has 0 aliphatic rings. The van der Waals surface area contributed by atoms with E-state index in [1.54, 1.807) is 0 Å². The molecule has 0 atom stereocenters. The molecule has 0 aliphatic heterocycles. The van der Waals surface area contributed by atoms with Crippen molar-refractivity contribution in [3.8, 4) is 11.4 Å². The van der Waals surface area contributed by atoms with E-state index in [4.69, 9.17) is 10.5 Å². The van der Waals surface area contributed by atoms with Gasteiger partial charge in [0.15, 0.2) is 0 Å². The van der Waals surface area contributed by atoms with E-state index in [1.807, 2.05) is 50.6 Å². The molecule has 2 N–H and O–H groups in total. The van der Waals surface area contributed by atoms with Gasteiger partial charge in [0.2, 0.25) is 0 Å². The Morgan fingerprint density at radius 1 is 1.26 bits per heavy atom. The third-order valence-electron chi connectivity index (χ3n) is 2.73. The smallest absolute Gasteiger partial charge is 0.123 e. The van der Waals surface area contributed by atoms with Crippen molar-refractivity contribution in [1.82, 2.24) is 9.78 Å². The van der Waals surface area contributed by atoms with Gasteiger partial charge in [-0.05, 0) is 49.7 Å². The lowest BCUT2D eigenvalue weighted by Gasteiger charge is -2.13. The molecule has 0 saturated heterocycles. The Labute approximate surface area is 121 Å². The van der Waals surface area contributed by atoms with E-state index < -0.39 is 0 Å². The number of rotatable bonds is 3. The van der Waals surface area contributed by atoms with E-state index in [-0.39, 0.29) is 6.10 Å². The molecule has 5 heteroatoms. The maximum Gasteiger partial charge on any atom is 0.123 e. The van der Waals surface area contributed by atoms with E-state index in [1.165, 1.54) is 0 Å². The van der Waals surface area contributed by atoms with Crippen LogP contribution in [0.25, 0.3) is 5.69 Å². The van der Waals surface area contributed by atoms with Gasteiger partial charge in [0, 0.05) is 17.8 Å². The molecule has 19 heavy (non-hydrogen) atoms. The van der Waals surface area contributed by atoms with Gasteiger partial charge in [0.1, 0.15) is 5.75 Å². The van der Waals surface area contributed by atoms with Crippen molar-refractivity contribution < 1.29 is 4.74 Å². The minimum atomic E-state index is 0.113. The van der Waals surface area contributed by atoms with Crippen molar-refractivity contribution in [3.05, 3.63) is 34.1 Å². The second-order valence-electron chi connectivity index (χ2n) is 4.82. The molecule has 0 bridgehead atoms. The van der Waals surface area contributed by atoms with Gasteiger partial charge < -0.3 is 10.5 Å². The van der Waals surface area contributed by atoms with Crippen molar-refractivity contribution in [2.24, 2.45) is 0 Å². The number of nitrogen functional groups attached to an aromatic ring is 1. The molecule has 0 saturated carbocycles. The van der Waals surface area contributed by atoms with Crippen LogP contribution >= 0.6 is 15.9 Å². The van der Waals surface area contributed by atoms with E-state index in [2.05, 4.69) is 21.0 Å². The first-order chi connectivity index (χ1) is 8.88. The number of hydrogen-bond acceptors (Lipinski definition) is 3. The van der Waals surface area contributed by atoms with Gasteiger partial charge in [0.25, 0.3) is 0 Å². The highest BCUT2D eigenvalue weighted by Gasteiger charge is 2.12. The zero-order valence-corrected chi connectivity index (χ0v) is 13.2. The van der Waals surface area contributed by atoms with Crippen LogP contribution in [0.3, 0.4) is 0 Å². The second-order valence-corrected chi connectivity index (χ2v) is 5.62. The van der Waals surface area contributed by atoms with Crippen LogP contribution in [-0.2, 0) is 0 Å². The topological polar surface area (TPSA) is 53.1 Å². The fourth-order valence-corrected chi connectivity index (χ4v) is 2.19. The number of halogens is 1. The van der Waals surface area contributed by atoms with Crippen LogP contribution in [0.2, 0.25) is 0 Å². The van der Waals surface area contributed by atoms with Gasteiger partial charge in [-0.25, -0.2) is 4.68 Å². The second kappa shape index (κ2) is 5.25. The molecular weight excluding hydrogens is 306 g/mol. The number of aromatic nitrogens is 2. The molecule has 1 heterocycles. The molecule has 0 radical (unpaired) electrons. The van der Waals surface area contributed by atoms with Crippen LogP contribution < -0.4 is 10.5 Å². The maximum atomic E-state index is 5.93. The third kappa shape index (κ3) is 2.92. The van der Waals surface area contributed by atoms with Crippen molar-refractivity contribution in [2.75, 3.05) is 5.73 Å². The zero-order chi connectivity index (χ0) is 14.2. The number of nitrogens with two attached hydrogens (primary N) is 1. The number of benzene rings is 1. The fraction of sp³-hybridized carbons (Fsp3) is 0.357. The Hall–Kier alpha value is -1.49. The Morgan fingerprint density at radius 2 is 1.95 bits per heavy atom. The lowest BCUT2D eigenvalue weighted by atomic mass is 10.2. The standard InChI is InChI=1S/C14H18BrN3O/c1-8(2)19-13-6-11(16)5-12(7-13)18-10(4)14(15)9(3)17-18/h5-8H,16H2,1-4H3. The summed E-state index contributed by atoms with van der Waals surface area (Å²) in [5.41, 5.74) is 9.49. The Morgan fingerprint density at radius 3 is 2.47 bits per heavy atom. The molecule has 0 aliphatic carbocycles. The van der Waals surface area contributed by atoms with Gasteiger partial charge in [-0.3, -0.25) is 0 Å². The Kier molecular flexibility index (Phi) is 3.85. The number of nitrogens with zero attached hydrogens (tertiary/aromatic N) is 2. The van der Waals surface area contributed by atoms with Gasteiger partial charge in [-0.15, -0.1) is 0 Å². The highest BCUT2D eigenvalue weighted by Crippen LogP contribution is 2.27. The van der Waals surface area contributed by atoms with Crippen LogP contribution in [0.15, 0.2) is 22.7 Å². The van der Waals surface area contributed by atoms with Crippen LogP contribution in [0.1, 0.15) is 25.2 Å². The average Bonchev–Trinajstić information content (AvgIpc) is 2.55. The molecule has 0 spiro atoms. The molecule has 4 nitrogen and oxygen atoms in total. The minimum absolute atomic E-state index is 0.113. The zero-order valence-electron chi connectivity index (χ0n) is 11.6. The van der Waals surface area contributed by atoms with Crippen molar-refractivity contribution in [2.45, 2.75) is 33.8 Å². The maximum absolute atomic E-state index is 5.93. The van der Waals surface area contributed by atoms with Crippen molar-refractivity contribution >= 4 is 21.6 Å². The number of anilines is 1. The summed E-state index contributed by atoms with van der Waals surface area (Å²) in [5.74, 6) is 0.758. The largest absolute Gasteiger partial charge is 0.491 e. The average molecular weight is 324 g/mol. The number of aryl methyl sites for hydroxylation is 1. The molecule has 1 aromatic carbocycles. The number of hydrogen-bond donors (Lipinski definition) is 1. The fourth-order valence-electron chi connectivity index (χ4n) is 1.94.